The standard InChI is InChI=1S/C77H126N4O34S/c1-10-107-64(85)26-38-98-47-74(48-99-39-27-65(86)108-11-2,49-100-40-28-66(87)109-12-3)78-61(82)23-35-95-56-77(81-73(94)59-19-21-60(116)22-20-59,57-96-36-24-62(83)79-75(50-101-41-29-67(88)110-13-4,51-102-42-30-68(89)111-14-5)52-103-43-31-69(90)112-15-6)58-97-37-25-63(84)80-76(53-104-44-32-70(91)113-16-7,54-105-45-33-71(92)114-17-8)55-106-46-34-72(93)115-18-9/h19-22,116H,10-18,23-58H2,1-9H3,(H,78,82)(H,79,83)(H,80,84)(H,81,94)/p-1. The summed E-state index contributed by atoms with van der Waals surface area (Å²) in [6.07, 6.45) is -2.89. The van der Waals surface area contributed by atoms with E-state index < -0.39 is 178 Å². The number of benzene rings is 1. The van der Waals surface area contributed by atoms with Gasteiger partial charge in [-0.1, -0.05) is 0 Å². The summed E-state index contributed by atoms with van der Waals surface area (Å²) >= 11 is 4.40. The van der Waals surface area contributed by atoms with E-state index >= 15 is 0 Å². The van der Waals surface area contributed by atoms with Crippen molar-refractivity contribution in [1.82, 2.24) is 16.0 Å². The minimum Gasteiger partial charge on any atom is -0.862 e. The molecule has 0 aliphatic carbocycles. The lowest BCUT2D eigenvalue weighted by Gasteiger charge is -2.35. The third-order valence-corrected chi connectivity index (χ3v) is 15.7. The van der Waals surface area contributed by atoms with E-state index in [1.165, 1.54) is 12.1 Å². The average Bonchev–Trinajstić information content (AvgIpc) is 0.869. The number of thiol groups is 1. The molecule has 0 bridgehead atoms. The number of carbonyl (C=O) groups is 12. The number of amides is 3. The first-order chi connectivity index (χ1) is 55.8. The molecule has 0 spiro atoms. The van der Waals surface area contributed by atoms with E-state index in [0.29, 0.717) is 4.90 Å². The molecule has 1 aromatic carbocycles. The summed E-state index contributed by atoms with van der Waals surface area (Å²) in [5.41, 5.74) is -6.52. The maximum Gasteiger partial charge on any atom is 0.308 e. The van der Waals surface area contributed by atoms with Crippen molar-refractivity contribution in [2.75, 3.05) is 218 Å². The fraction of sp³-hybridized carbons (Fsp3) is 0.753. The van der Waals surface area contributed by atoms with Crippen LogP contribution in [0.3, 0.4) is 0 Å². The van der Waals surface area contributed by atoms with Crippen LogP contribution < -0.4 is 21.1 Å². The molecule has 0 fully saturated rings. The third-order valence-electron chi connectivity index (χ3n) is 15.4. The summed E-state index contributed by atoms with van der Waals surface area (Å²) < 4.78 is 118. The average molecular weight is 1680 g/mol. The van der Waals surface area contributed by atoms with Gasteiger partial charge in [-0.2, -0.15) is 0 Å². The first-order valence-corrected chi connectivity index (χ1v) is 39.6. The Bertz CT molecular complexity index is 2700. The molecule has 0 atom stereocenters. The van der Waals surface area contributed by atoms with Gasteiger partial charge in [0.15, 0.2) is 0 Å². The van der Waals surface area contributed by atoms with Gasteiger partial charge < -0.3 is 121 Å². The summed E-state index contributed by atoms with van der Waals surface area (Å²) in [5.74, 6) is -7.95. The molecule has 0 saturated heterocycles. The second-order valence-electron chi connectivity index (χ2n) is 25.5. The molecule has 3 N–H and O–H groups in total. The first kappa shape index (κ1) is 106. The number of nitrogens with zero attached hydrogens (tertiary/aromatic N) is 1. The largest absolute Gasteiger partial charge is 0.862 e. The fourth-order valence-electron chi connectivity index (χ4n) is 10.1. The van der Waals surface area contributed by atoms with Crippen molar-refractivity contribution >= 4 is 90.0 Å². The van der Waals surface area contributed by atoms with Crippen molar-refractivity contribution in [1.29, 1.82) is 0 Å². The highest BCUT2D eigenvalue weighted by Gasteiger charge is 2.39. The Morgan fingerprint density at radius 1 is 0.284 bits per heavy atom. The highest BCUT2D eigenvalue weighted by atomic mass is 32.1. The third kappa shape index (κ3) is 52.8. The van der Waals surface area contributed by atoms with Gasteiger partial charge in [0.1, 0.15) is 22.2 Å². The van der Waals surface area contributed by atoms with Gasteiger partial charge in [-0.25, -0.2) is 0 Å². The number of ether oxygens (including phenoxy) is 21. The Morgan fingerprint density at radius 2 is 0.474 bits per heavy atom. The molecule has 0 saturated carbocycles. The molecule has 38 nitrogen and oxygen atoms in total. The molecule has 664 valence electrons. The van der Waals surface area contributed by atoms with Crippen LogP contribution in [0.2, 0.25) is 0 Å². The predicted molar refractivity (Wildman–Crippen MR) is 411 cm³/mol. The lowest BCUT2D eigenvalue weighted by atomic mass is 10.0. The molecule has 0 aromatic heterocycles. The maximum atomic E-state index is 14.6. The minimum atomic E-state index is -1.81. The van der Waals surface area contributed by atoms with Crippen LogP contribution in [0, 0.1) is 0 Å². The van der Waals surface area contributed by atoms with Crippen LogP contribution in [0.5, 0.6) is 0 Å². The Balaban J connectivity index is 4.17. The second kappa shape index (κ2) is 66.1. The van der Waals surface area contributed by atoms with E-state index in [4.69, 9.17) is 99.5 Å². The van der Waals surface area contributed by atoms with Crippen molar-refractivity contribution in [3.8, 4) is 0 Å². The molecule has 0 unspecified atom stereocenters. The molecule has 0 aliphatic rings. The normalized spacial score (nSPS) is 11.8. The quantitative estimate of drug-likeness (QED) is 0.0182. The zero-order valence-electron chi connectivity index (χ0n) is 68.9. The van der Waals surface area contributed by atoms with E-state index in [9.17, 15) is 62.6 Å². The topological polar surface area (TPSA) is 470 Å². The molecule has 3 amide bonds. The number of hydrogen-bond donors (Lipinski definition) is 4. The fourth-order valence-corrected chi connectivity index (χ4v) is 10.2. The highest BCUT2D eigenvalue weighted by molar-refractivity contribution is 7.80. The summed E-state index contributed by atoms with van der Waals surface area (Å²) in [6.45, 7) is 8.01. The van der Waals surface area contributed by atoms with E-state index in [2.05, 4.69) is 33.6 Å². The molecule has 0 aliphatic heterocycles. The van der Waals surface area contributed by atoms with Gasteiger partial charge in [-0.15, -0.1) is 12.6 Å². The van der Waals surface area contributed by atoms with Gasteiger partial charge >= 0.3 is 53.7 Å². The lowest BCUT2D eigenvalue weighted by Crippen LogP contribution is -2.59. The second-order valence-corrected chi connectivity index (χ2v) is 26.1. The van der Waals surface area contributed by atoms with Crippen LogP contribution in [0.4, 0.5) is 0 Å². The minimum absolute atomic E-state index is 0.105. The van der Waals surface area contributed by atoms with Crippen LogP contribution >= 0.6 is 12.6 Å². The number of esters is 9. The Morgan fingerprint density at radius 3 is 0.690 bits per heavy atom. The van der Waals surface area contributed by atoms with Crippen molar-refractivity contribution < 1.29 is 162 Å². The van der Waals surface area contributed by atoms with Gasteiger partial charge in [-0.3, -0.25) is 62.5 Å². The number of hydrogen-bond acceptors (Lipinski definition) is 36. The monoisotopic (exact) mass is 1680 g/mol. The molecule has 1 rings (SSSR count). The summed E-state index contributed by atoms with van der Waals surface area (Å²) in [5, 5.41) is 23.1. The van der Waals surface area contributed by atoms with Crippen LogP contribution in [0.25, 0.3) is 0 Å². The first-order valence-electron chi connectivity index (χ1n) is 39.1. The van der Waals surface area contributed by atoms with Crippen LogP contribution in [0.1, 0.15) is 150 Å². The van der Waals surface area contributed by atoms with Gasteiger partial charge in [0.05, 0.1) is 276 Å². The van der Waals surface area contributed by atoms with E-state index in [0.717, 1.165) is 0 Å². The van der Waals surface area contributed by atoms with E-state index in [-0.39, 0.29) is 222 Å². The highest BCUT2D eigenvalue weighted by Crippen LogP contribution is 2.20. The van der Waals surface area contributed by atoms with Crippen molar-refractivity contribution in [3.63, 3.8) is 0 Å². The molecule has 0 heterocycles. The van der Waals surface area contributed by atoms with Crippen LogP contribution in [-0.4, -0.2) is 318 Å². The molecular weight excluding hydrogens is 1560 g/mol. The summed E-state index contributed by atoms with van der Waals surface area (Å²) in [6, 6.07) is 6.08. The molecule has 39 heteroatoms. The smallest absolute Gasteiger partial charge is 0.308 e. The Hall–Kier alpha value is -7.80. The zero-order chi connectivity index (χ0) is 86.0. The number of aliphatic imine (C=N–C) groups is 1. The van der Waals surface area contributed by atoms with Gasteiger partial charge in [0.25, 0.3) is 5.91 Å². The van der Waals surface area contributed by atoms with Crippen LogP contribution in [0.15, 0.2) is 34.2 Å². The Labute approximate surface area is 684 Å². The summed E-state index contributed by atoms with van der Waals surface area (Å²) in [7, 11) is 0. The predicted octanol–water partition coefficient (Wildman–Crippen LogP) is 2.60. The molecule has 1 aromatic rings. The van der Waals surface area contributed by atoms with Gasteiger partial charge in [0, 0.05) is 23.3 Å². The number of nitrogens with one attached hydrogen (secondary N) is 3. The summed E-state index contributed by atoms with van der Waals surface area (Å²) in [4.78, 5) is 160. The lowest BCUT2D eigenvalue weighted by molar-refractivity contribution is -0.222. The van der Waals surface area contributed by atoms with Crippen molar-refractivity contribution in [2.45, 2.75) is 166 Å². The van der Waals surface area contributed by atoms with Crippen LogP contribution in [-0.2, 0) is 152 Å². The molecule has 0 radical (unpaired) electrons. The SMILES string of the molecule is CCOC(=O)CCOCC(COCCC(=O)OCC)(COCCC(=O)OCC)N=C([O-])CCOCC(COCCC(=O)NC(COCCC(=O)OCC)(COCCC(=O)OCC)COCCC(=O)OCC)(COCCC(=O)NC(COCCC(=O)OCC)(COCCC(=O)OCC)COCCC(=O)OCC)NC(=O)c1ccc(S)cc1. The van der Waals surface area contributed by atoms with Gasteiger partial charge in [0.2, 0.25) is 11.8 Å². The van der Waals surface area contributed by atoms with E-state index in [1.807, 2.05) is 0 Å². The molecular formula is C77H125N4O34S-. The van der Waals surface area contributed by atoms with Crippen molar-refractivity contribution in [2.24, 2.45) is 4.99 Å². The molecule has 116 heavy (non-hydrogen) atoms. The van der Waals surface area contributed by atoms with E-state index in [1.54, 1.807) is 74.4 Å². The Kier molecular flexibility index (Phi) is 60.6. The number of rotatable bonds is 74. The van der Waals surface area contributed by atoms with Gasteiger partial charge in [-0.05, 0) is 98.9 Å². The van der Waals surface area contributed by atoms with Crippen molar-refractivity contribution in [3.05, 3.63) is 29.8 Å². The number of carbonyl (C=O) groups excluding carboxylic acids is 12. The maximum absolute atomic E-state index is 14.6. The zero-order valence-corrected chi connectivity index (χ0v) is 69.8.